The molecular formula is C65H76FN15O8. The van der Waals surface area contributed by atoms with E-state index in [9.17, 15) is 33.2 Å². The fourth-order valence-electron chi connectivity index (χ4n) is 8.53. The Bertz CT molecular complexity index is 3890. The molecular weight excluding hydrogens is 1140 g/mol. The van der Waals surface area contributed by atoms with Crippen molar-refractivity contribution in [1.82, 2.24) is 55.9 Å². The highest BCUT2D eigenvalue weighted by Crippen LogP contribution is 2.28. The van der Waals surface area contributed by atoms with E-state index >= 15 is 0 Å². The van der Waals surface area contributed by atoms with Crippen LogP contribution in [-0.4, -0.2) is 102 Å². The van der Waals surface area contributed by atoms with Crippen LogP contribution in [0.1, 0.15) is 149 Å². The number of carboxylic acids is 1. The molecule has 0 radical (unpaired) electrons. The zero-order valence-electron chi connectivity index (χ0n) is 50.8. The van der Waals surface area contributed by atoms with Crippen LogP contribution >= 0.6 is 0 Å². The first-order valence-corrected chi connectivity index (χ1v) is 29.0. The normalized spacial score (nSPS) is 13.2. The van der Waals surface area contributed by atoms with Crippen molar-refractivity contribution in [3.8, 4) is 22.8 Å². The van der Waals surface area contributed by atoms with E-state index in [0.29, 0.717) is 45.7 Å². The Hall–Kier alpha value is -10.4. The Morgan fingerprint density at radius 1 is 0.539 bits per heavy atom. The zero-order valence-corrected chi connectivity index (χ0v) is 50.8. The third kappa shape index (κ3) is 17.4. The number of methoxy groups -OCH3 is 1. The van der Waals surface area contributed by atoms with Gasteiger partial charge in [-0.15, -0.1) is 0 Å². The standard InChI is InChI=1S/C23H25N5O3.C22H22FN5O2.C15H16N4O3.C5H13N/c1-14-6-7-16(22(29)27-17-8-9-17)11-20(14)28-21(24)19(13-26-28)23(30)25-12-15-4-3-5-18(10-15)31-2;1-13-2-5-15(21(29)27-17-8-9-17)10-19(13)28-20(24)18(12-26-28)22(30)25-11-14-3-6-16(23)7-4-14;1-8-2-3-9(14(20)18-10-4-5-10)6-12(8)19-13(16)11(7-17-19)15(21)22;1-5(2,3)4-6/h3-7,10-11,13,17H,8-9,12,24H2,1-2H3,(H,25,30)(H,27,29);2-7,10,12,17H,8-9,11,24H2,1H3,(H,25,30)(H,27,29);2-3,6-7,10H,4-5,16H2,1H3,(H,18,20)(H,21,22);4,6H2,1-3H3. The summed E-state index contributed by atoms with van der Waals surface area (Å²) in [4.78, 5) is 73.2. The fraction of sp³-hybridized carbons (Fsp3) is 0.308. The van der Waals surface area contributed by atoms with Crippen molar-refractivity contribution in [2.45, 2.75) is 111 Å². The molecule has 0 unspecified atom stereocenters. The minimum atomic E-state index is -1.14. The number of aromatic nitrogens is 6. The van der Waals surface area contributed by atoms with E-state index < -0.39 is 5.97 Å². The maximum atomic E-state index is 13.0. The molecule has 5 aromatic carbocycles. The molecule has 89 heavy (non-hydrogen) atoms. The van der Waals surface area contributed by atoms with Gasteiger partial charge >= 0.3 is 5.97 Å². The third-order valence-electron chi connectivity index (χ3n) is 14.5. The highest BCUT2D eigenvalue weighted by molar-refractivity contribution is 6.00. The number of carboxylic acid groups (broad SMARTS) is 1. The Balaban J connectivity index is 0.000000167. The summed E-state index contributed by atoms with van der Waals surface area (Å²) in [6.07, 6.45) is 10.1. The lowest BCUT2D eigenvalue weighted by molar-refractivity contribution is 0.0696. The summed E-state index contributed by atoms with van der Waals surface area (Å²) in [5.74, 6) is -1.44. The highest BCUT2D eigenvalue weighted by Gasteiger charge is 2.28. The van der Waals surface area contributed by atoms with E-state index in [0.717, 1.165) is 78.6 Å². The molecule has 3 saturated carbocycles. The minimum Gasteiger partial charge on any atom is -0.497 e. The molecule has 0 atom stereocenters. The molecule has 0 aliphatic heterocycles. The first-order chi connectivity index (χ1) is 42.4. The predicted octanol–water partition coefficient (Wildman–Crippen LogP) is 7.66. The van der Waals surface area contributed by atoms with Gasteiger partial charge < -0.3 is 59.4 Å². The number of ether oxygens (including phenoxy) is 1. The van der Waals surface area contributed by atoms with Gasteiger partial charge in [-0.1, -0.05) is 63.2 Å². The van der Waals surface area contributed by atoms with Crippen LogP contribution in [0, 0.1) is 32.0 Å². The van der Waals surface area contributed by atoms with Crippen LogP contribution in [0.25, 0.3) is 17.1 Å². The van der Waals surface area contributed by atoms with Gasteiger partial charge in [-0.3, -0.25) is 24.0 Å². The minimum absolute atomic E-state index is 0.0374. The summed E-state index contributed by atoms with van der Waals surface area (Å²) in [6, 6.07) is 30.0. The number of halogens is 1. The molecule has 0 spiro atoms. The smallest absolute Gasteiger partial charge is 0.341 e. The van der Waals surface area contributed by atoms with Gasteiger partial charge in [0.05, 0.1) is 42.8 Å². The molecule has 8 aromatic rings. The SMILES string of the molecule is CC(C)(C)CN.COc1cccc(CNC(=O)c2cnn(-c3cc(C(=O)NC4CC4)ccc3C)c2N)c1.Cc1ccc(C(=O)NC2CC2)cc1-n1ncc(C(=O)NCc2ccc(F)cc2)c1N.Cc1ccc(C(=O)NC2CC2)cc1-n1ncc(C(=O)O)c1N. The van der Waals surface area contributed by atoms with Crippen molar-refractivity contribution >= 4 is 53.0 Å². The molecule has 24 heteroatoms. The van der Waals surface area contributed by atoms with E-state index in [1.54, 1.807) is 61.7 Å². The molecule has 11 rings (SSSR count). The van der Waals surface area contributed by atoms with E-state index in [1.165, 1.54) is 44.8 Å². The number of aryl methyl sites for hydroxylation is 3. The van der Waals surface area contributed by atoms with Gasteiger partial charge in [0.2, 0.25) is 0 Å². The van der Waals surface area contributed by atoms with Crippen molar-refractivity contribution in [2.75, 3.05) is 30.9 Å². The first-order valence-electron chi connectivity index (χ1n) is 29.0. The van der Waals surface area contributed by atoms with Crippen LogP contribution in [-0.2, 0) is 13.1 Å². The van der Waals surface area contributed by atoms with E-state index in [-0.39, 0.29) is 94.2 Å². The number of amides is 5. The zero-order chi connectivity index (χ0) is 64.3. The van der Waals surface area contributed by atoms with Crippen LogP contribution in [0.4, 0.5) is 21.8 Å². The number of benzene rings is 5. The van der Waals surface area contributed by atoms with Gasteiger partial charge in [-0.2, -0.15) is 15.3 Å². The second-order valence-electron chi connectivity index (χ2n) is 23.2. The molecule has 0 bridgehead atoms. The number of nitrogens with one attached hydrogen (secondary N) is 5. The number of carbonyl (C=O) groups is 6. The van der Waals surface area contributed by atoms with Gasteiger partial charge in [0.25, 0.3) is 29.5 Å². The molecule has 14 N–H and O–H groups in total. The van der Waals surface area contributed by atoms with Crippen LogP contribution < -0.4 is 54.3 Å². The topological polar surface area (TPSA) is 350 Å². The largest absolute Gasteiger partial charge is 0.497 e. The number of carbonyl (C=O) groups excluding carboxylic acids is 5. The van der Waals surface area contributed by atoms with Crippen LogP contribution in [0.3, 0.4) is 0 Å². The third-order valence-corrected chi connectivity index (χ3v) is 14.5. The Morgan fingerprint density at radius 2 is 0.899 bits per heavy atom. The number of nitrogens with zero attached hydrogens (tertiary/aromatic N) is 6. The molecule has 3 aliphatic rings. The summed E-state index contributed by atoms with van der Waals surface area (Å²) in [5.41, 5.74) is 32.1. The number of aromatic carboxylic acids is 1. The van der Waals surface area contributed by atoms with Crippen molar-refractivity contribution in [3.63, 3.8) is 0 Å². The molecule has 3 heterocycles. The second kappa shape index (κ2) is 28.4. The fourth-order valence-corrected chi connectivity index (χ4v) is 8.53. The maximum absolute atomic E-state index is 13.0. The molecule has 466 valence electrons. The molecule has 23 nitrogen and oxygen atoms in total. The Labute approximate surface area is 514 Å². The molecule has 0 saturated heterocycles. The van der Waals surface area contributed by atoms with Gasteiger partial charge in [0.1, 0.15) is 45.7 Å². The van der Waals surface area contributed by atoms with Crippen molar-refractivity contribution in [1.29, 1.82) is 0 Å². The van der Waals surface area contributed by atoms with E-state index in [4.69, 9.17) is 32.8 Å². The monoisotopic (exact) mass is 1210 g/mol. The Kier molecular flexibility index (Phi) is 20.7. The lowest BCUT2D eigenvalue weighted by atomic mass is 9.98. The lowest BCUT2D eigenvalue weighted by Crippen LogP contribution is -2.25. The van der Waals surface area contributed by atoms with Gasteiger partial charge in [0, 0.05) is 47.9 Å². The number of hydrogen-bond donors (Lipinski definition) is 10. The van der Waals surface area contributed by atoms with Crippen molar-refractivity contribution in [3.05, 3.63) is 189 Å². The predicted molar refractivity (Wildman–Crippen MR) is 337 cm³/mol. The van der Waals surface area contributed by atoms with Crippen molar-refractivity contribution < 1.29 is 43.0 Å². The van der Waals surface area contributed by atoms with Crippen molar-refractivity contribution in [2.24, 2.45) is 11.1 Å². The van der Waals surface area contributed by atoms with E-state index in [1.807, 2.05) is 57.2 Å². The molecule has 5 amide bonds. The summed E-state index contributed by atoms with van der Waals surface area (Å²) >= 11 is 0. The summed E-state index contributed by atoms with van der Waals surface area (Å²) < 4.78 is 22.5. The number of rotatable bonds is 17. The van der Waals surface area contributed by atoms with E-state index in [2.05, 4.69) is 62.7 Å². The molecule has 3 fully saturated rings. The maximum Gasteiger partial charge on any atom is 0.341 e. The number of nitrogens with two attached hydrogens (primary N) is 4. The number of nitrogen functional groups attached to an aromatic ring is 3. The average Bonchev–Trinajstić information content (AvgIpc) is 2.36. The summed E-state index contributed by atoms with van der Waals surface area (Å²) in [6.45, 7) is 13.3. The summed E-state index contributed by atoms with van der Waals surface area (Å²) in [7, 11) is 1.60. The van der Waals surface area contributed by atoms with Crippen LogP contribution in [0.5, 0.6) is 5.75 Å². The Morgan fingerprint density at radius 3 is 1.24 bits per heavy atom. The quantitative estimate of drug-likeness (QED) is 0.0418. The van der Waals surface area contributed by atoms with Crippen LogP contribution in [0.15, 0.2) is 122 Å². The average molecular weight is 1210 g/mol. The lowest BCUT2D eigenvalue weighted by Gasteiger charge is -2.12. The van der Waals surface area contributed by atoms with Crippen LogP contribution in [0.2, 0.25) is 0 Å². The summed E-state index contributed by atoms with van der Waals surface area (Å²) in [5, 5.41) is 36.1. The number of anilines is 3. The molecule has 3 aromatic heterocycles. The second-order valence-corrected chi connectivity index (χ2v) is 23.2. The first kappa shape index (κ1) is 64.6. The highest BCUT2D eigenvalue weighted by atomic mass is 19.1. The van der Waals surface area contributed by atoms with Gasteiger partial charge in [0.15, 0.2) is 0 Å². The molecule has 3 aliphatic carbocycles. The van der Waals surface area contributed by atoms with Gasteiger partial charge in [-0.25, -0.2) is 23.2 Å². The van der Waals surface area contributed by atoms with Gasteiger partial charge in [-0.05, 0) is 160 Å². The number of hydrogen-bond acceptors (Lipinski definition) is 14.